The molecule has 0 N–H and O–H groups in total. The normalized spacial score (nSPS) is 11.0. The third kappa shape index (κ3) is 3.21. The summed E-state index contributed by atoms with van der Waals surface area (Å²) in [6.45, 7) is 0. The molecule has 0 fully saturated rings. The monoisotopic (exact) mass is 380 g/mol. The summed E-state index contributed by atoms with van der Waals surface area (Å²) in [5.74, 6) is 0.355. The summed E-state index contributed by atoms with van der Waals surface area (Å²) in [5, 5.41) is 6.50. The molecule has 0 bridgehead atoms. The number of thioether (sulfide) groups is 1. The van der Waals surface area contributed by atoms with Crippen LogP contribution in [0.2, 0.25) is 5.02 Å². The number of hydrogen-bond acceptors (Lipinski definition) is 5. The second-order valence-corrected chi connectivity index (χ2v) is 6.87. The van der Waals surface area contributed by atoms with Crippen LogP contribution >= 0.6 is 23.4 Å². The first-order valence-corrected chi connectivity index (χ1v) is 9.25. The fourth-order valence-electron chi connectivity index (χ4n) is 2.58. The Morgan fingerprint density at radius 3 is 2.62 bits per heavy atom. The van der Waals surface area contributed by atoms with Crippen LogP contribution < -0.4 is 0 Å². The van der Waals surface area contributed by atoms with E-state index in [1.807, 2.05) is 48.5 Å². The summed E-state index contributed by atoms with van der Waals surface area (Å²) in [5.41, 5.74) is 2.10. The van der Waals surface area contributed by atoms with Crippen LogP contribution in [0.4, 0.5) is 0 Å². The van der Waals surface area contributed by atoms with Gasteiger partial charge in [0.2, 0.25) is 0 Å². The molecule has 0 aliphatic carbocycles. The minimum atomic E-state index is 0.0563. The molecule has 0 saturated carbocycles. The first-order chi connectivity index (χ1) is 12.7. The minimum absolute atomic E-state index is 0.0563. The lowest BCUT2D eigenvalue weighted by Crippen LogP contribution is -2.02. The van der Waals surface area contributed by atoms with Gasteiger partial charge in [0.1, 0.15) is 11.4 Å². The number of carbonyl (C=O) groups excluding carboxylic acids is 1. The summed E-state index contributed by atoms with van der Waals surface area (Å²) in [4.78, 5) is 21.0. The number of benzene rings is 2. The Morgan fingerprint density at radius 2 is 1.81 bits per heavy atom. The molecule has 0 unspecified atom stereocenters. The number of hydrogen-bond donors (Lipinski definition) is 0. The molecular weight excluding hydrogens is 368 g/mol. The fourth-order valence-corrected chi connectivity index (χ4v) is 3.65. The third-order valence-electron chi connectivity index (χ3n) is 3.85. The van der Waals surface area contributed by atoms with Crippen LogP contribution in [0.3, 0.4) is 0 Å². The van der Waals surface area contributed by atoms with E-state index >= 15 is 0 Å². The molecule has 0 radical (unpaired) electrons. The van der Waals surface area contributed by atoms with Gasteiger partial charge in [-0.25, -0.2) is 14.6 Å². The van der Waals surface area contributed by atoms with Crippen molar-refractivity contribution in [2.45, 2.75) is 5.03 Å². The van der Waals surface area contributed by atoms with Gasteiger partial charge in [0.15, 0.2) is 11.4 Å². The molecule has 0 aliphatic rings. The van der Waals surface area contributed by atoms with Crippen molar-refractivity contribution in [2.75, 3.05) is 5.75 Å². The molecule has 7 heteroatoms. The maximum atomic E-state index is 12.3. The lowest BCUT2D eigenvalue weighted by atomic mass is 10.2. The quantitative estimate of drug-likeness (QED) is 0.291. The number of carbonyl (C=O) groups is 1. The zero-order valence-corrected chi connectivity index (χ0v) is 15.1. The number of rotatable bonds is 5. The molecule has 0 spiro atoms. The van der Waals surface area contributed by atoms with Crippen molar-refractivity contribution >= 4 is 40.2 Å². The molecule has 0 atom stereocenters. The standard InChI is InChI=1S/C19H13ClN4OS/c20-15-8-4-5-9-16(15)24-18-14(10-23-24)19(22-12-21-18)26-11-17(25)13-6-2-1-3-7-13/h1-10,12H,11H2. The highest BCUT2D eigenvalue weighted by Crippen LogP contribution is 2.28. The van der Waals surface area contributed by atoms with Gasteiger partial charge >= 0.3 is 0 Å². The third-order valence-corrected chi connectivity index (χ3v) is 5.17. The highest BCUT2D eigenvalue weighted by atomic mass is 35.5. The Bertz CT molecular complexity index is 1080. The topological polar surface area (TPSA) is 60.7 Å². The van der Waals surface area contributed by atoms with Crippen molar-refractivity contribution in [3.8, 4) is 5.69 Å². The van der Waals surface area contributed by atoms with Crippen LogP contribution in [-0.4, -0.2) is 31.3 Å². The fraction of sp³-hybridized carbons (Fsp3) is 0.0526. The predicted octanol–water partition coefficient (Wildman–Crippen LogP) is 4.44. The molecule has 4 rings (SSSR count). The van der Waals surface area contributed by atoms with Crippen molar-refractivity contribution in [1.29, 1.82) is 0 Å². The van der Waals surface area contributed by atoms with E-state index in [2.05, 4.69) is 15.1 Å². The van der Waals surface area contributed by atoms with Crippen molar-refractivity contribution in [3.63, 3.8) is 0 Å². The Kier molecular flexibility index (Phi) is 4.69. The number of aromatic nitrogens is 4. The maximum absolute atomic E-state index is 12.3. The smallest absolute Gasteiger partial charge is 0.173 e. The van der Waals surface area contributed by atoms with Gasteiger partial charge in [-0.1, -0.05) is 65.8 Å². The average molecular weight is 381 g/mol. The summed E-state index contributed by atoms with van der Waals surface area (Å²) in [7, 11) is 0. The van der Waals surface area contributed by atoms with Gasteiger partial charge in [-0.15, -0.1) is 0 Å². The maximum Gasteiger partial charge on any atom is 0.173 e. The average Bonchev–Trinajstić information content (AvgIpc) is 3.12. The zero-order valence-electron chi connectivity index (χ0n) is 13.5. The first kappa shape index (κ1) is 16.8. The van der Waals surface area contributed by atoms with E-state index in [0.29, 0.717) is 22.0 Å². The number of nitrogens with zero attached hydrogens (tertiary/aromatic N) is 4. The highest BCUT2D eigenvalue weighted by molar-refractivity contribution is 8.00. The Balaban J connectivity index is 1.63. The van der Waals surface area contributed by atoms with E-state index in [4.69, 9.17) is 11.6 Å². The van der Waals surface area contributed by atoms with Gasteiger partial charge in [-0.3, -0.25) is 4.79 Å². The summed E-state index contributed by atoms with van der Waals surface area (Å²) < 4.78 is 1.68. The summed E-state index contributed by atoms with van der Waals surface area (Å²) in [6, 6.07) is 16.7. The lowest BCUT2D eigenvalue weighted by Gasteiger charge is -2.05. The van der Waals surface area contributed by atoms with Crippen LogP contribution in [0, 0.1) is 0 Å². The molecule has 2 aromatic heterocycles. The molecule has 5 nitrogen and oxygen atoms in total. The van der Waals surface area contributed by atoms with E-state index in [9.17, 15) is 4.79 Å². The highest BCUT2D eigenvalue weighted by Gasteiger charge is 2.14. The number of Topliss-reactive ketones (excluding diaryl/α,β-unsaturated/α-hetero) is 1. The van der Waals surface area contributed by atoms with Crippen molar-refractivity contribution in [1.82, 2.24) is 19.7 Å². The lowest BCUT2D eigenvalue weighted by molar-refractivity contribution is 0.102. The number of ketones is 1. The second-order valence-electron chi connectivity index (χ2n) is 5.50. The summed E-state index contributed by atoms with van der Waals surface area (Å²) >= 11 is 7.65. The molecular formula is C19H13ClN4OS. The van der Waals surface area contributed by atoms with E-state index < -0.39 is 0 Å². The van der Waals surface area contributed by atoms with Gasteiger partial charge in [0.05, 0.1) is 28.0 Å². The van der Waals surface area contributed by atoms with E-state index in [1.165, 1.54) is 18.1 Å². The number of fused-ring (bicyclic) bond motifs is 1. The van der Waals surface area contributed by atoms with Crippen LogP contribution in [0.15, 0.2) is 72.1 Å². The van der Waals surface area contributed by atoms with Crippen LogP contribution in [0.25, 0.3) is 16.7 Å². The van der Waals surface area contributed by atoms with Gasteiger partial charge in [-0.05, 0) is 12.1 Å². The van der Waals surface area contributed by atoms with Gasteiger partial charge < -0.3 is 0 Å². The Morgan fingerprint density at radius 1 is 1.04 bits per heavy atom. The van der Waals surface area contributed by atoms with Crippen molar-refractivity contribution in [2.24, 2.45) is 0 Å². The van der Waals surface area contributed by atoms with E-state index in [0.717, 1.165) is 16.1 Å². The molecule has 4 aromatic rings. The zero-order chi connectivity index (χ0) is 17.9. The van der Waals surface area contributed by atoms with Crippen LogP contribution in [0.5, 0.6) is 0 Å². The largest absolute Gasteiger partial charge is 0.293 e. The van der Waals surface area contributed by atoms with Crippen molar-refractivity contribution in [3.05, 3.63) is 77.7 Å². The number of para-hydroxylation sites is 1. The summed E-state index contributed by atoms with van der Waals surface area (Å²) in [6.07, 6.45) is 3.18. The Hall–Kier alpha value is -2.70. The minimum Gasteiger partial charge on any atom is -0.293 e. The van der Waals surface area contributed by atoms with E-state index in [1.54, 1.807) is 16.9 Å². The predicted molar refractivity (Wildman–Crippen MR) is 103 cm³/mol. The molecule has 0 saturated heterocycles. The van der Waals surface area contributed by atoms with Gasteiger partial charge in [-0.2, -0.15) is 5.10 Å². The number of halogens is 1. The Labute approximate surface area is 159 Å². The van der Waals surface area contributed by atoms with Gasteiger partial charge in [0, 0.05) is 5.56 Å². The molecule has 26 heavy (non-hydrogen) atoms. The molecule has 0 aliphatic heterocycles. The van der Waals surface area contributed by atoms with Crippen LogP contribution in [0.1, 0.15) is 10.4 Å². The molecule has 0 amide bonds. The van der Waals surface area contributed by atoms with E-state index in [-0.39, 0.29) is 5.78 Å². The molecule has 128 valence electrons. The molecule has 2 heterocycles. The van der Waals surface area contributed by atoms with Crippen LogP contribution in [-0.2, 0) is 0 Å². The molecule has 2 aromatic carbocycles. The SMILES string of the molecule is O=C(CSc1ncnc2c1cnn2-c1ccccc1Cl)c1ccccc1. The van der Waals surface area contributed by atoms with Gasteiger partial charge in [0.25, 0.3) is 0 Å². The second kappa shape index (κ2) is 7.27. The van der Waals surface area contributed by atoms with Crippen molar-refractivity contribution < 1.29 is 4.79 Å². The first-order valence-electron chi connectivity index (χ1n) is 7.89.